The fourth-order valence-electron chi connectivity index (χ4n) is 3.35. The lowest BCUT2D eigenvalue weighted by Gasteiger charge is -2.17. The first-order valence-corrected chi connectivity index (χ1v) is 8.68. The van der Waals surface area contributed by atoms with Crippen molar-refractivity contribution < 1.29 is 33.0 Å². The minimum Gasteiger partial charge on any atom is -0.505 e. The van der Waals surface area contributed by atoms with Crippen molar-refractivity contribution in [2.24, 2.45) is 5.84 Å². The van der Waals surface area contributed by atoms with Crippen LogP contribution in [0, 0.1) is 11.6 Å². The molecular weight excluding hydrogens is 414 g/mol. The van der Waals surface area contributed by atoms with Gasteiger partial charge in [-0.3, -0.25) is 15.0 Å². The molecule has 0 radical (unpaired) electrons. The maximum absolute atomic E-state index is 14.2. The summed E-state index contributed by atoms with van der Waals surface area (Å²) < 4.78 is 33.9. The first-order chi connectivity index (χ1) is 14.7. The van der Waals surface area contributed by atoms with Crippen LogP contribution >= 0.6 is 0 Å². The standard InChI is InChI=1S/C21H12F2N2O6/c22-13-4-11-17(6-15(13)26)31-18-7-16(27)14(23)5-12(18)19(11)10-3-8(20(28)25-24)1-2-9(10)21(29)30/h1-7,26H,24H2,(H,25,28)(H,29,30). The van der Waals surface area contributed by atoms with Crippen molar-refractivity contribution in [3.8, 4) is 28.2 Å². The van der Waals surface area contributed by atoms with Crippen molar-refractivity contribution in [1.82, 2.24) is 5.43 Å². The van der Waals surface area contributed by atoms with Crippen molar-refractivity contribution in [3.63, 3.8) is 0 Å². The Labute approximate surface area is 171 Å². The Morgan fingerprint density at radius 3 is 2.42 bits per heavy atom. The van der Waals surface area contributed by atoms with Gasteiger partial charge in [0.25, 0.3) is 5.91 Å². The number of aromatic carboxylic acids is 1. The number of carbonyl (C=O) groups is 2. The first kappa shape index (κ1) is 20.0. The molecule has 2 aromatic carbocycles. The summed E-state index contributed by atoms with van der Waals surface area (Å²) in [5.41, 5.74) is 0.385. The van der Waals surface area contributed by atoms with Crippen LogP contribution in [0.5, 0.6) is 5.75 Å². The lowest BCUT2D eigenvalue weighted by Crippen LogP contribution is -2.30. The average Bonchev–Trinajstić information content (AvgIpc) is 2.73. The zero-order chi connectivity index (χ0) is 22.4. The number of benzene rings is 3. The number of phenolic OH excluding ortho intramolecular Hbond substituents is 1. The number of nitrogens with two attached hydrogens (primary N) is 1. The molecule has 156 valence electrons. The number of nitrogen functional groups attached to an aromatic ring is 1. The van der Waals surface area contributed by atoms with Crippen LogP contribution in [0.15, 0.2) is 51.7 Å². The van der Waals surface area contributed by atoms with Gasteiger partial charge in [-0.15, -0.1) is 0 Å². The third kappa shape index (κ3) is 3.24. The van der Waals surface area contributed by atoms with E-state index in [1.165, 1.54) is 12.1 Å². The van der Waals surface area contributed by atoms with Crippen LogP contribution in [-0.2, 0) is 0 Å². The molecule has 0 fully saturated rings. The highest BCUT2D eigenvalue weighted by Crippen LogP contribution is 2.43. The molecule has 1 aliphatic carbocycles. The predicted molar refractivity (Wildman–Crippen MR) is 105 cm³/mol. The van der Waals surface area contributed by atoms with Gasteiger partial charge in [0.05, 0.1) is 5.56 Å². The molecule has 0 unspecified atom stereocenters. The van der Waals surface area contributed by atoms with E-state index in [1.54, 1.807) is 0 Å². The number of halogens is 2. The number of phenols is 1. The molecule has 1 aliphatic heterocycles. The van der Waals surface area contributed by atoms with Crippen LogP contribution < -0.4 is 16.7 Å². The largest absolute Gasteiger partial charge is 0.505 e. The zero-order valence-electron chi connectivity index (χ0n) is 15.4. The van der Waals surface area contributed by atoms with Gasteiger partial charge in [-0.25, -0.2) is 19.4 Å². The van der Waals surface area contributed by atoms with Crippen molar-refractivity contribution in [2.75, 3.05) is 0 Å². The van der Waals surface area contributed by atoms with Crippen LogP contribution in [-0.4, -0.2) is 22.1 Å². The van der Waals surface area contributed by atoms with E-state index in [0.717, 1.165) is 30.3 Å². The predicted octanol–water partition coefficient (Wildman–Crippen LogP) is 2.85. The SMILES string of the molecule is NNC(=O)c1ccc(C(=O)O)c(-c2c3cc(F)c(=O)cc-3oc3cc(O)c(F)cc23)c1. The molecule has 1 amide bonds. The normalized spacial score (nSPS) is 11.1. The monoisotopic (exact) mass is 426 g/mol. The van der Waals surface area contributed by atoms with Gasteiger partial charge in [0.15, 0.2) is 17.4 Å². The molecule has 2 aromatic rings. The van der Waals surface area contributed by atoms with Gasteiger partial charge >= 0.3 is 5.97 Å². The number of nitrogens with one attached hydrogen (secondary N) is 1. The molecule has 10 heteroatoms. The number of fused-ring (bicyclic) bond motifs is 2. The summed E-state index contributed by atoms with van der Waals surface area (Å²) in [5, 5.41) is 19.4. The maximum Gasteiger partial charge on any atom is 0.336 e. The van der Waals surface area contributed by atoms with E-state index < -0.39 is 34.7 Å². The summed E-state index contributed by atoms with van der Waals surface area (Å²) in [7, 11) is 0. The van der Waals surface area contributed by atoms with Crippen LogP contribution in [0.4, 0.5) is 8.78 Å². The van der Waals surface area contributed by atoms with E-state index in [1.807, 2.05) is 5.43 Å². The third-order valence-corrected chi connectivity index (χ3v) is 4.75. The van der Waals surface area contributed by atoms with E-state index in [2.05, 4.69) is 0 Å². The summed E-state index contributed by atoms with van der Waals surface area (Å²) in [4.78, 5) is 35.7. The Hall–Kier alpha value is -4.31. The summed E-state index contributed by atoms with van der Waals surface area (Å²) >= 11 is 0. The average molecular weight is 426 g/mol. The van der Waals surface area contributed by atoms with E-state index in [0.29, 0.717) is 0 Å². The van der Waals surface area contributed by atoms with Crippen molar-refractivity contribution in [3.05, 3.63) is 75.4 Å². The first-order valence-electron chi connectivity index (χ1n) is 8.68. The quantitative estimate of drug-likeness (QED) is 0.171. The minimum absolute atomic E-state index is 0.0156. The molecular formula is C21H12F2N2O6. The highest BCUT2D eigenvalue weighted by atomic mass is 19.1. The highest BCUT2D eigenvalue weighted by molar-refractivity contribution is 6.09. The Morgan fingerprint density at radius 1 is 1.00 bits per heavy atom. The van der Waals surface area contributed by atoms with E-state index >= 15 is 0 Å². The van der Waals surface area contributed by atoms with Crippen LogP contribution in [0.25, 0.3) is 33.4 Å². The molecule has 5 N–H and O–H groups in total. The molecule has 0 bridgehead atoms. The Kier molecular flexibility index (Phi) is 4.63. The molecule has 31 heavy (non-hydrogen) atoms. The van der Waals surface area contributed by atoms with Gasteiger partial charge in [0.2, 0.25) is 5.43 Å². The zero-order valence-corrected chi connectivity index (χ0v) is 15.4. The van der Waals surface area contributed by atoms with Crippen LogP contribution in [0.2, 0.25) is 0 Å². The molecule has 1 heterocycles. The topological polar surface area (TPSA) is 143 Å². The molecule has 0 saturated heterocycles. The lowest BCUT2D eigenvalue weighted by molar-refractivity contribution is 0.0697. The molecule has 0 spiro atoms. The summed E-state index contributed by atoms with van der Waals surface area (Å²) in [6.45, 7) is 0. The summed E-state index contributed by atoms with van der Waals surface area (Å²) in [6, 6.07) is 7.06. The fraction of sp³-hybridized carbons (Fsp3) is 0. The van der Waals surface area contributed by atoms with Gasteiger partial charge < -0.3 is 14.6 Å². The number of carbonyl (C=O) groups excluding carboxylic acids is 1. The van der Waals surface area contributed by atoms with Gasteiger partial charge in [-0.1, -0.05) is 0 Å². The van der Waals surface area contributed by atoms with Gasteiger partial charge in [0.1, 0.15) is 11.3 Å². The Bertz CT molecular complexity index is 1430. The Balaban J connectivity index is 2.24. The number of hydrogen-bond donors (Lipinski definition) is 4. The second kappa shape index (κ2) is 7.18. The van der Waals surface area contributed by atoms with E-state index in [-0.39, 0.29) is 44.5 Å². The number of hydrazine groups is 1. The number of aromatic hydroxyl groups is 1. The van der Waals surface area contributed by atoms with Gasteiger partial charge in [-0.05, 0) is 35.9 Å². The molecule has 0 atom stereocenters. The van der Waals surface area contributed by atoms with Crippen molar-refractivity contribution >= 4 is 22.8 Å². The molecule has 0 aromatic heterocycles. The van der Waals surface area contributed by atoms with E-state index in [4.69, 9.17) is 10.3 Å². The second-order valence-corrected chi connectivity index (χ2v) is 6.59. The van der Waals surface area contributed by atoms with Gasteiger partial charge in [0, 0.05) is 34.2 Å². The molecule has 4 rings (SSSR count). The second-order valence-electron chi connectivity index (χ2n) is 6.59. The van der Waals surface area contributed by atoms with Crippen LogP contribution in [0.3, 0.4) is 0 Å². The van der Waals surface area contributed by atoms with E-state index in [9.17, 15) is 33.4 Å². The summed E-state index contributed by atoms with van der Waals surface area (Å²) in [5.74, 6) is -0.0291. The van der Waals surface area contributed by atoms with Gasteiger partial charge in [-0.2, -0.15) is 0 Å². The van der Waals surface area contributed by atoms with Crippen molar-refractivity contribution in [2.45, 2.75) is 0 Å². The molecule has 0 saturated carbocycles. The minimum atomic E-state index is -1.38. The molecule has 2 aliphatic rings. The Morgan fingerprint density at radius 2 is 1.74 bits per heavy atom. The maximum atomic E-state index is 14.2. The summed E-state index contributed by atoms with van der Waals surface area (Å²) in [6.07, 6.45) is 0. The smallest absolute Gasteiger partial charge is 0.336 e. The fourth-order valence-corrected chi connectivity index (χ4v) is 3.35. The number of carboxylic acids is 1. The molecule has 8 nitrogen and oxygen atoms in total. The number of carboxylic acid groups (broad SMARTS) is 1. The highest BCUT2D eigenvalue weighted by Gasteiger charge is 2.25. The van der Waals surface area contributed by atoms with Crippen LogP contribution in [0.1, 0.15) is 20.7 Å². The van der Waals surface area contributed by atoms with Crippen molar-refractivity contribution in [1.29, 1.82) is 0 Å². The number of hydrogen-bond acceptors (Lipinski definition) is 6. The number of amides is 1. The number of rotatable bonds is 3. The third-order valence-electron chi connectivity index (χ3n) is 4.75. The lowest BCUT2D eigenvalue weighted by atomic mass is 9.89.